The zero-order valence-electron chi connectivity index (χ0n) is 11.0. The van der Waals surface area contributed by atoms with Crippen LogP contribution in [0.15, 0.2) is 0 Å². The van der Waals surface area contributed by atoms with E-state index in [0.717, 1.165) is 17.8 Å². The van der Waals surface area contributed by atoms with Crippen LogP contribution in [0.5, 0.6) is 0 Å². The highest BCUT2D eigenvalue weighted by Gasteiger charge is 2.58. The second kappa shape index (κ2) is 3.49. The number of hydrogen-bond acceptors (Lipinski definition) is 1. The van der Waals surface area contributed by atoms with Crippen molar-refractivity contribution < 1.29 is 9.90 Å². The molecule has 0 saturated heterocycles. The highest BCUT2D eigenvalue weighted by molar-refractivity contribution is 5.67. The second-order valence-electron chi connectivity index (χ2n) is 7.55. The van der Waals surface area contributed by atoms with Gasteiger partial charge >= 0.3 is 5.97 Å². The first-order chi connectivity index (χ1) is 7.93. The summed E-state index contributed by atoms with van der Waals surface area (Å²) in [6.07, 6.45) is 8.15. The molecule has 2 heteroatoms. The third kappa shape index (κ3) is 1.71. The number of aliphatic carboxylic acids is 1. The van der Waals surface area contributed by atoms with Gasteiger partial charge in [-0.15, -0.1) is 0 Å². The van der Waals surface area contributed by atoms with Crippen molar-refractivity contribution in [3.63, 3.8) is 0 Å². The maximum atomic E-state index is 11.2. The SMILES string of the molecule is CC(C)C12CC3CC(CC(CC(=O)O)(C3)C1)C2. The molecule has 4 fully saturated rings. The van der Waals surface area contributed by atoms with Crippen molar-refractivity contribution in [2.24, 2.45) is 28.6 Å². The van der Waals surface area contributed by atoms with Gasteiger partial charge in [-0.1, -0.05) is 13.8 Å². The van der Waals surface area contributed by atoms with Gasteiger partial charge in [0, 0.05) is 0 Å². The van der Waals surface area contributed by atoms with E-state index in [1.807, 2.05) is 0 Å². The van der Waals surface area contributed by atoms with E-state index in [1.54, 1.807) is 0 Å². The van der Waals surface area contributed by atoms with Crippen LogP contribution >= 0.6 is 0 Å². The third-order valence-corrected chi connectivity index (χ3v) is 5.98. The quantitative estimate of drug-likeness (QED) is 0.811. The Labute approximate surface area is 104 Å². The molecule has 0 spiro atoms. The van der Waals surface area contributed by atoms with Crippen LogP contribution in [0, 0.1) is 28.6 Å². The highest BCUT2D eigenvalue weighted by atomic mass is 16.4. The van der Waals surface area contributed by atoms with Crippen LogP contribution < -0.4 is 0 Å². The standard InChI is InChI=1S/C15H24O2/c1-10(2)15-6-11-3-12(7-15)5-14(4-11,9-15)8-13(16)17/h10-12H,3-9H2,1-2H3,(H,16,17). The fourth-order valence-corrected chi connectivity index (χ4v) is 5.73. The fourth-order valence-electron chi connectivity index (χ4n) is 5.73. The van der Waals surface area contributed by atoms with Crippen molar-refractivity contribution in [1.29, 1.82) is 0 Å². The van der Waals surface area contributed by atoms with E-state index in [2.05, 4.69) is 13.8 Å². The van der Waals surface area contributed by atoms with Gasteiger partial charge in [0.2, 0.25) is 0 Å². The van der Waals surface area contributed by atoms with Crippen LogP contribution in [0.25, 0.3) is 0 Å². The number of hydrogen-bond donors (Lipinski definition) is 1. The topological polar surface area (TPSA) is 37.3 Å². The zero-order valence-corrected chi connectivity index (χ0v) is 11.0. The fraction of sp³-hybridized carbons (Fsp3) is 0.933. The van der Waals surface area contributed by atoms with Gasteiger partial charge in [0.15, 0.2) is 0 Å². The van der Waals surface area contributed by atoms with Gasteiger partial charge in [-0.3, -0.25) is 4.79 Å². The summed E-state index contributed by atoms with van der Waals surface area (Å²) in [6, 6.07) is 0. The lowest BCUT2D eigenvalue weighted by Crippen LogP contribution is -2.54. The summed E-state index contributed by atoms with van der Waals surface area (Å²) in [7, 11) is 0. The normalized spacial score (nSPS) is 47.7. The minimum Gasteiger partial charge on any atom is -0.481 e. The average Bonchev–Trinajstić information content (AvgIpc) is 2.12. The molecule has 4 bridgehead atoms. The monoisotopic (exact) mass is 236 g/mol. The first-order valence-electron chi connectivity index (χ1n) is 7.15. The Bertz CT molecular complexity index is 331. The summed E-state index contributed by atoms with van der Waals surface area (Å²) in [6.45, 7) is 4.70. The van der Waals surface area contributed by atoms with Crippen LogP contribution in [-0.2, 0) is 4.79 Å². The van der Waals surface area contributed by atoms with Crippen molar-refractivity contribution >= 4 is 5.97 Å². The Morgan fingerprint density at radius 3 is 2.29 bits per heavy atom. The second-order valence-corrected chi connectivity index (χ2v) is 7.55. The molecular formula is C15H24O2. The lowest BCUT2D eigenvalue weighted by Gasteiger charge is -2.63. The molecule has 1 N–H and O–H groups in total. The first kappa shape index (κ1) is 11.6. The van der Waals surface area contributed by atoms with E-state index in [9.17, 15) is 9.90 Å². The maximum absolute atomic E-state index is 11.2. The third-order valence-electron chi connectivity index (χ3n) is 5.98. The number of carboxylic acids is 1. The van der Waals surface area contributed by atoms with Gasteiger partial charge in [-0.05, 0) is 67.1 Å². The molecule has 0 amide bonds. The van der Waals surface area contributed by atoms with E-state index in [0.29, 0.717) is 11.8 Å². The van der Waals surface area contributed by atoms with E-state index in [-0.39, 0.29) is 5.41 Å². The van der Waals surface area contributed by atoms with Crippen LogP contribution in [0.1, 0.15) is 58.8 Å². The van der Waals surface area contributed by atoms with Crippen LogP contribution in [-0.4, -0.2) is 11.1 Å². The summed E-state index contributed by atoms with van der Waals surface area (Å²) < 4.78 is 0. The lowest BCUT2D eigenvalue weighted by molar-refractivity contribution is -0.158. The summed E-state index contributed by atoms with van der Waals surface area (Å²) in [5.74, 6) is 1.81. The summed E-state index contributed by atoms with van der Waals surface area (Å²) >= 11 is 0. The van der Waals surface area contributed by atoms with Gasteiger partial charge in [0.1, 0.15) is 0 Å². The smallest absolute Gasteiger partial charge is 0.303 e. The molecule has 0 aromatic heterocycles. The molecule has 4 aliphatic carbocycles. The summed E-state index contributed by atoms with van der Waals surface area (Å²) in [4.78, 5) is 11.2. The molecule has 4 saturated carbocycles. The predicted octanol–water partition coefficient (Wildman–Crippen LogP) is 3.70. The molecule has 0 aromatic rings. The Morgan fingerprint density at radius 1 is 1.24 bits per heavy atom. The predicted molar refractivity (Wildman–Crippen MR) is 66.6 cm³/mol. The first-order valence-corrected chi connectivity index (χ1v) is 7.15. The van der Waals surface area contributed by atoms with Crippen LogP contribution in [0.2, 0.25) is 0 Å². The molecule has 0 radical (unpaired) electrons. The van der Waals surface area contributed by atoms with E-state index >= 15 is 0 Å². The van der Waals surface area contributed by atoms with E-state index in [1.165, 1.54) is 38.5 Å². The van der Waals surface area contributed by atoms with Crippen molar-refractivity contribution in [3.05, 3.63) is 0 Å². The molecule has 0 aliphatic heterocycles. The molecule has 0 heterocycles. The van der Waals surface area contributed by atoms with Gasteiger partial charge < -0.3 is 5.11 Å². The molecule has 2 atom stereocenters. The highest BCUT2D eigenvalue weighted by Crippen LogP contribution is 2.68. The summed E-state index contributed by atoms with van der Waals surface area (Å²) in [5, 5.41) is 9.20. The molecule has 2 nitrogen and oxygen atoms in total. The molecule has 96 valence electrons. The molecule has 0 aromatic carbocycles. The molecule has 17 heavy (non-hydrogen) atoms. The molecule has 2 unspecified atom stereocenters. The Balaban J connectivity index is 1.91. The van der Waals surface area contributed by atoms with Crippen molar-refractivity contribution in [1.82, 2.24) is 0 Å². The number of carboxylic acid groups (broad SMARTS) is 1. The van der Waals surface area contributed by atoms with Gasteiger partial charge in [-0.2, -0.15) is 0 Å². The van der Waals surface area contributed by atoms with Crippen LogP contribution in [0.3, 0.4) is 0 Å². The van der Waals surface area contributed by atoms with Crippen molar-refractivity contribution in [2.75, 3.05) is 0 Å². The Kier molecular flexibility index (Phi) is 2.37. The minimum atomic E-state index is -0.578. The van der Waals surface area contributed by atoms with Gasteiger partial charge in [0.25, 0.3) is 0 Å². The maximum Gasteiger partial charge on any atom is 0.303 e. The average molecular weight is 236 g/mol. The lowest BCUT2D eigenvalue weighted by atomic mass is 9.41. The molecular weight excluding hydrogens is 212 g/mol. The minimum absolute atomic E-state index is 0.167. The Morgan fingerprint density at radius 2 is 1.82 bits per heavy atom. The number of rotatable bonds is 3. The summed E-state index contributed by atoms with van der Waals surface area (Å²) in [5.41, 5.74) is 0.652. The largest absolute Gasteiger partial charge is 0.481 e. The van der Waals surface area contributed by atoms with Crippen LogP contribution in [0.4, 0.5) is 0 Å². The van der Waals surface area contributed by atoms with Crippen molar-refractivity contribution in [3.8, 4) is 0 Å². The van der Waals surface area contributed by atoms with E-state index < -0.39 is 5.97 Å². The Hall–Kier alpha value is -0.530. The zero-order chi connectivity index (χ0) is 12.3. The van der Waals surface area contributed by atoms with E-state index in [4.69, 9.17) is 0 Å². The van der Waals surface area contributed by atoms with Crippen molar-refractivity contribution in [2.45, 2.75) is 58.8 Å². The number of carbonyl (C=O) groups is 1. The van der Waals surface area contributed by atoms with Gasteiger partial charge in [0.05, 0.1) is 6.42 Å². The van der Waals surface area contributed by atoms with Gasteiger partial charge in [-0.25, -0.2) is 0 Å². The molecule has 4 rings (SSSR count). The molecule has 4 aliphatic rings.